The quantitative estimate of drug-likeness (QED) is 0.429. The molecule has 0 bridgehead atoms. The van der Waals surface area contributed by atoms with Crippen LogP contribution in [0.25, 0.3) is 0 Å². The topological polar surface area (TPSA) is 140 Å². The Morgan fingerprint density at radius 1 is 0.971 bits per heavy atom. The van der Waals surface area contributed by atoms with Crippen LogP contribution >= 0.6 is 0 Å². The van der Waals surface area contributed by atoms with E-state index in [2.05, 4.69) is 15.4 Å². The number of hydrogen-bond acceptors (Lipinski definition) is 7. The van der Waals surface area contributed by atoms with E-state index in [0.717, 1.165) is 16.7 Å². The number of benzene rings is 2. The van der Waals surface area contributed by atoms with Crippen molar-refractivity contribution in [1.29, 1.82) is 0 Å². The molecule has 0 heterocycles. The molecule has 0 aliphatic rings. The van der Waals surface area contributed by atoms with E-state index in [1.807, 2.05) is 32.9 Å². The fourth-order valence-corrected chi connectivity index (χ4v) is 4.35. The fraction of sp³-hybridized carbons (Fsp3) is 0.348. The predicted octanol–water partition coefficient (Wildman–Crippen LogP) is 1.59. The molecular weight excluding hydrogens is 462 g/mol. The first-order chi connectivity index (χ1) is 15.9. The highest BCUT2D eigenvalue weighted by Crippen LogP contribution is 2.21. The van der Waals surface area contributed by atoms with Crippen LogP contribution < -0.4 is 20.1 Å². The van der Waals surface area contributed by atoms with Crippen molar-refractivity contribution >= 4 is 33.5 Å². The second-order valence-corrected chi connectivity index (χ2v) is 9.44. The lowest BCUT2D eigenvalue weighted by molar-refractivity contribution is -0.149. The summed E-state index contributed by atoms with van der Waals surface area (Å²) in [6.07, 6.45) is 0. The van der Waals surface area contributed by atoms with Crippen LogP contribution in [0.5, 0.6) is 5.75 Å². The normalized spacial score (nSPS) is 11.9. The summed E-state index contributed by atoms with van der Waals surface area (Å²) in [5.74, 6) is -1.60. The maximum atomic E-state index is 12.4. The molecule has 1 atom stereocenters. The number of ether oxygens (including phenoxy) is 2. The Bertz CT molecular complexity index is 1140. The van der Waals surface area contributed by atoms with Gasteiger partial charge >= 0.3 is 5.97 Å². The molecule has 2 aromatic rings. The number of methoxy groups -OCH3 is 1. The van der Waals surface area contributed by atoms with Gasteiger partial charge in [-0.15, -0.1) is 0 Å². The van der Waals surface area contributed by atoms with Crippen molar-refractivity contribution in [3.63, 3.8) is 0 Å². The SMILES string of the molecule is COc1ccc(S(=O)(=O)N[C@@H](C)C(=O)OCC(=O)NCC(=O)Nc2c(C)cc(C)cc2C)cc1. The molecular formula is C23H29N3O7S. The van der Waals surface area contributed by atoms with Crippen molar-refractivity contribution in [2.75, 3.05) is 25.6 Å². The lowest BCUT2D eigenvalue weighted by Crippen LogP contribution is -2.41. The second-order valence-electron chi connectivity index (χ2n) is 7.72. The minimum Gasteiger partial charge on any atom is -0.497 e. The molecule has 0 unspecified atom stereocenters. The van der Waals surface area contributed by atoms with Crippen LogP contribution in [0.4, 0.5) is 5.69 Å². The zero-order chi connectivity index (χ0) is 25.5. The average Bonchev–Trinajstić information content (AvgIpc) is 2.78. The number of nitrogens with one attached hydrogen (secondary N) is 3. The minimum atomic E-state index is -3.99. The van der Waals surface area contributed by atoms with Crippen LogP contribution in [0.2, 0.25) is 0 Å². The van der Waals surface area contributed by atoms with Gasteiger partial charge in [0.15, 0.2) is 6.61 Å². The molecule has 0 spiro atoms. The van der Waals surface area contributed by atoms with Gasteiger partial charge in [-0.2, -0.15) is 4.72 Å². The van der Waals surface area contributed by atoms with Gasteiger partial charge in [-0.1, -0.05) is 17.7 Å². The molecule has 3 N–H and O–H groups in total. The minimum absolute atomic E-state index is 0.0595. The Hall–Kier alpha value is -3.44. The third kappa shape index (κ3) is 7.56. The van der Waals surface area contributed by atoms with Gasteiger partial charge < -0.3 is 20.1 Å². The second kappa shape index (κ2) is 11.6. The van der Waals surface area contributed by atoms with Gasteiger partial charge in [0.05, 0.1) is 18.6 Å². The highest BCUT2D eigenvalue weighted by Gasteiger charge is 2.24. The molecule has 0 aliphatic carbocycles. The molecule has 34 heavy (non-hydrogen) atoms. The third-order valence-corrected chi connectivity index (χ3v) is 6.34. The molecule has 2 rings (SSSR count). The van der Waals surface area contributed by atoms with E-state index < -0.39 is 40.5 Å². The van der Waals surface area contributed by atoms with Crippen LogP contribution in [-0.2, 0) is 29.1 Å². The van der Waals surface area contributed by atoms with Gasteiger partial charge in [0.2, 0.25) is 15.9 Å². The summed E-state index contributed by atoms with van der Waals surface area (Å²) in [4.78, 5) is 36.2. The van der Waals surface area contributed by atoms with Gasteiger partial charge in [0, 0.05) is 5.69 Å². The Labute approximate surface area is 199 Å². The third-order valence-electron chi connectivity index (χ3n) is 4.79. The van der Waals surface area contributed by atoms with E-state index in [1.54, 1.807) is 0 Å². The zero-order valence-corrected chi connectivity index (χ0v) is 20.5. The number of amides is 2. The van der Waals surface area contributed by atoms with Gasteiger partial charge in [0.25, 0.3) is 5.91 Å². The van der Waals surface area contributed by atoms with Crippen molar-refractivity contribution in [2.24, 2.45) is 0 Å². The fourth-order valence-electron chi connectivity index (χ4n) is 3.16. The van der Waals surface area contributed by atoms with Crippen LogP contribution in [0.3, 0.4) is 0 Å². The maximum Gasteiger partial charge on any atom is 0.324 e. The Morgan fingerprint density at radius 3 is 2.12 bits per heavy atom. The molecule has 10 nitrogen and oxygen atoms in total. The molecule has 184 valence electrons. The Kier molecular flexibility index (Phi) is 9.16. The van der Waals surface area contributed by atoms with Crippen molar-refractivity contribution in [3.8, 4) is 5.75 Å². The summed E-state index contributed by atoms with van der Waals surface area (Å²) in [6.45, 7) is 6.01. The van der Waals surface area contributed by atoms with E-state index in [4.69, 9.17) is 9.47 Å². The first-order valence-corrected chi connectivity index (χ1v) is 11.9. The predicted molar refractivity (Wildman–Crippen MR) is 126 cm³/mol. The number of carbonyl (C=O) groups excluding carboxylic acids is 3. The van der Waals surface area contributed by atoms with Gasteiger partial charge in [0.1, 0.15) is 11.8 Å². The molecule has 0 aromatic heterocycles. The van der Waals surface area contributed by atoms with Crippen LogP contribution in [-0.4, -0.2) is 52.5 Å². The standard InChI is InChI=1S/C23H29N3O7S/c1-14-10-15(2)22(16(3)11-14)25-20(27)12-24-21(28)13-33-23(29)17(4)26-34(30,31)19-8-6-18(32-5)7-9-19/h6-11,17,26H,12-13H2,1-5H3,(H,24,28)(H,25,27)/t17-/m0/s1. The summed E-state index contributed by atoms with van der Waals surface area (Å²) in [5, 5.41) is 5.10. The Balaban J connectivity index is 1.80. The number of anilines is 1. The van der Waals surface area contributed by atoms with Crippen molar-refractivity contribution in [2.45, 2.75) is 38.6 Å². The summed E-state index contributed by atoms with van der Waals surface area (Å²) in [7, 11) is -2.54. The van der Waals surface area contributed by atoms with E-state index in [0.29, 0.717) is 11.4 Å². The summed E-state index contributed by atoms with van der Waals surface area (Å²) >= 11 is 0. The molecule has 0 radical (unpaired) electrons. The van der Waals surface area contributed by atoms with Crippen molar-refractivity contribution in [3.05, 3.63) is 53.1 Å². The summed E-state index contributed by atoms with van der Waals surface area (Å²) in [6, 6.07) is 8.24. The lowest BCUT2D eigenvalue weighted by Gasteiger charge is -2.14. The van der Waals surface area contributed by atoms with Crippen molar-refractivity contribution in [1.82, 2.24) is 10.0 Å². The average molecular weight is 492 g/mol. The summed E-state index contributed by atoms with van der Waals surface area (Å²) in [5.41, 5.74) is 3.55. The van der Waals surface area contributed by atoms with E-state index in [-0.39, 0.29) is 11.4 Å². The molecule has 2 amide bonds. The molecule has 0 saturated heterocycles. The first-order valence-electron chi connectivity index (χ1n) is 10.4. The van der Waals surface area contributed by atoms with E-state index in [1.165, 1.54) is 38.3 Å². The van der Waals surface area contributed by atoms with Crippen LogP contribution in [0.1, 0.15) is 23.6 Å². The molecule has 11 heteroatoms. The zero-order valence-electron chi connectivity index (χ0n) is 19.7. The maximum absolute atomic E-state index is 12.4. The molecule has 2 aromatic carbocycles. The number of esters is 1. The largest absolute Gasteiger partial charge is 0.497 e. The van der Waals surface area contributed by atoms with E-state index >= 15 is 0 Å². The monoisotopic (exact) mass is 491 g/mol. The van der Waals surface area contributed by atoms with Gasteiger partial charge in [-0.05, 0) is 63.1 Å². The number of rotatable bonds is 10. The number of carbonyl (C=O) groups is 3. The number of hydrogen-bond donors (Lipinski definition) is 3. The molecule has 0 fully saturated rings. The summed E-state index contributed by atoms with van der Waals surface area (Å²) < 4.78 is 36.8. The van der Waals surface area contributed by atoms with Crippen LogP contribution in [0.15, 0.2) is 41.3 Å². The lowest BCUT2D eigenvalue weighted by atomic mass is 10.1. The van der Waals surface area contributed by atoms with Crippen molar-refractivity contribution < 1.29 is 32.3 Å². The van der Waals surface area contributed by atoms with Crippen LogP contribution in [0, 0.1) is 20.8 Å². The molecule has 0 aliphatic heterocycles. The number of aryl methyl sites for hydroxylation is 3. The van der Waals surface area contributed by atoms with E-state index in [9.17, 15) is 22.8 Å². The Morgan fingerprint density at radius 2 is 1.56 bits per heavy atom. The highest BCUT2D eigenvalue weighted by molar-refractivity contribution is 7.89. The first kappa shape index (κ1) is 26.8. The highest BCUT2D eigenvalue weighted by atomic mass is 32.2. The smallest absolute Gasteiger partial charge is 0.324 e. The number of sulfonamides is 1. The van der Waals surface area contributed by atoms with Gasteiger partial charge in [-0.25, -0.2) is 8.42 Å². The van der Waals surface area contributed by atoms with Gasteiger partial charge in [-0.3, -0.25) is 14.4 Å². The molecule has 0 saturated carbocycles.